The molecule has 76 heavy (non-hydrogen) atoms. The molecule has 0 fully saturated rings. The summed E-state index contributed by atoms with van der Waals surface area (Å²) in [6, 6.07) is 84.0. The van der Waals surface area contributed by atoms with Crippen molar-refractivity contribution in [1.29, 1.82) is 0 Å². The van der Waals surface area contributed by atoms with Crippen LogP contribution >= 0.6 is 76.1 Å². The third-order valence-corrected chi connectivity index (χ3v) is 13.1. The largest absolute Gasteiger partial charge is 1.00 e. The van der Waals surface area contributed by atoms with Gasteiger partial charge in [-0.05, 0) is 109 Å². The van der Waals surface area contributed by atoms with Crippen LogP contribution in [0, 0.1) is 0 Å². The molecule has 0 saturated carbocycles. The first-order chi connectivity index (χ1) is 35.4. The van der Waals surface area contributed by atoms with Gasteiger partial charge in [0.05, 0.1) is 0 Å². The second-order valence-electron chi connectivity index (χ2n) is 13.2. The van der Waals surface area contributed by atoms with Crippen molar-refractivity contribution < 1.29 is 112 Å². The van der Waals surface area contributed by atoms with Crippen LogP contribution in [0.4, 0.5) is 0 Å². The summed E-state index contributed by atoms with van der Waals surface area (Å²) < 4.78 is 91.4. The van der Waals surface area contributed by atoms with Gasteiger partial charge in [0.2, 0.25) is 0 Å². The summed E-state index contributed by atoms with van der Waals surface area (Å²) in [7, 11) is -2.88. The monoisotopic (exact) mass is 1470 g/mol. The minimum Gasteiger partial charge on any atom is -1.00 e. The Bertz CT molecular complexity index is 2190. The fourth-order valence-corrected chi connectivity index (χ4v) is 7.51. The fourth-order valence-electron chi connectivity index (χ4n) is 4.56. The Balaban J connectivity index is -0.000000381. The second kappa shape index (κ2) is 58.7. The SMILES string of the molecule is O=[PH+]c1ccccc1.O=[PH+]c1ccccc1.O=[PH+]c1ccccc1.O=[PH+]c1ccccc1.O=[PH+]c1ccccc1.O=[PH+]c1ccccc1.O=[PH+]c1ccccc1.O=[PH+]c1ccccc1.O=[PH+]c1ccccc1.[Cl-].[Rh].[Rh].[Rh]. The molecule has 0 bridgehead atoms. The van der Waals surface area contributed by atoms with Crippen molar-refractivity contribution in [3.8, 4) is 0 Å². The van der Waals surface area contributed by atoms with Gasteiger partial charge < -0.3 is 12.4 Å². The van der Waals surface area contributed by atoms with E-state index in [0.717, 1.165) is 47.7 Å². The van der Waals surface area contributed by atoms with Gasteiger partial charge in [-0.25, -0.2) is 0 Å². The van der Waals surface area contributed by atoms with Crippen molar-refractivity contribution in [1.82, 2.24) is 0 Å². The third kappa shape index (κ3) is 45.1. The van der Waals surface area contributed by atoms with E-state index in [4.69, 9.17) is 0 Å². The average Bonchev–Trinajstić information content (AvgIpc) is 3.50. The van der Waals surface area contributed by atoms with Gasteiger partial charge in [-0.1, -0.05) is 205 Å². The molecule has 9 atom stereocenters. The van der Waals surface area contributed by atoms with E-state index in [9.17, 15) is 41.1 Å². The minimum absolute atomic E-state index is 0. The Kier molecular flexibility index (Phi) is 60.7. The molecule has 3 radical (unpaired) electrons. The molecule has 9 rings (SSSR count). The van der Waals surface area contributed by atoms with Gasteiger partial charge in [0.1, 0.15) is 0 Å². The zero-order chi connectivity index (χ0) is 52.4. The Hall–Kier alpha value is -3.96. The first-order valence-electron chi connectivity index (χ1n) is 21.3. The maximum atomic E-state index is 10.2. The van der Waals surface area contributed by atoms with Crippen molar-refractivity contribution >= 4 is 124 Å². The molecule has 22 heteroatoms. The van der Waals surface area contributed by atoms with Crippen LogP contribution < -0.4 is 60.1 Å². The number of halogens is 1. The van der Waals surface area contributed by atoms with Crippen LogP contribution in [0.25, 0.3) is 0 Å². The van der Waals surface area contributed by atoms with E-state index in [-0.39, 0.29) is 147 Å². The summed E-state index contributed by atoms with van der Waals surface area (Å²) in [5, 5.41) is 7.94. The summed E-state index contributed by atoms with van der Waals surface area (Å²) >= 11 is 0. The number of rotatable bonds is 9. The topological polar surface area (TPSA) is 154 Å². The van der Waals surface area contributed by atoms with E-state index in [0.29, 0.717) is 0 Å². The summed E-state index contributed by atoms with van der Waals surface area (Å²) in [6.45, 7) is 0. The van der Waals surface area contributed by atoms with Crippen LogP contribution in [0.15, 0.2) is 273 Å². The Labute approximate surface area is 504 Å². The average molecular weight is 1470 g/mol. The van der Waals surface area contributed by atoms with Crippen LogP contribution in [-0.4, -0.2) is 0 Å². The molecule has 0 saturated heterocycles. The number of benzene rings is 9. The standard InChI is InChI=1S/9C6H5OP.ClH.3Rh/c9*7-8-6-4-2-1-3-5-6;;;;/h9*1-5H;1H;;;/p+8. The van der Waals surface area contributed by atoms with Crippen molar-refractivity contribution in [2.45, 2.75) is 0 Å². The first kappa shape index (κ1) is 78.5. The van der Waals surface area contributed by atoms with Crippen LogP contribution in [0.5, 0.6) is 0 Å². The summed E-state index contributed by atoms with van der Waals surface area (Å²) in [5.74, 6) is 0. The molecule has 395 valence electrons. The van der Waals surface area contributed by atoms with Gasteiger partial charge in [0, 0.05) is 58.4 Å². The second-order valence-corrected chi connectivity index (χ2v) is 20.2. The molecule has 0 aromatic heterocycles. The van der Waals surface area contributed by atoms with Crippen molar-refractivity contribution in [3.05, 3.63) is 273 Å². The normalized spacial score (nSPS) is 9.00. The fraction of sp³-hybridized carbons (Fsp3) is 0. The van der Waals surface area contributed by atoms with E-state index in [1.165, 1.54) is 0 Å². The maximum Gasteiger partial charge on any atom is 0.363 e. The molecular formula is C54H54ClO9P9Rh3+8. The van der Waals surface area contributed by atoms with Gasteiger partial charge in [-0.15, -0.1) is 0 Å². The predicted octanol–water partition coefficient (Wildman–Crippen LogP) is 9.02. The molecule has 9 nitrogen and oxygen atoms in total. The molecule has 9 unspecified atom stereocenters. The van der Waals surface area contributed by atoms with E-state index in [2.05, 4.69) is 0 Å². The molecule has 9 aromatic carbocycles. The van der Waals surface area contributed by atoms with Crippen molar-refractivity contribution in [2.75, 3.05) is 0 Å². The molecule has 0 aliphatic carbocycles. The maximum absolute atomic E-state index is 10.2. The van der Waals surface area contributed by atoms with Crippen molar-refractivity contribution in [3.63, 3.8) is 0 Å². The first-order valence-corrected chi connectivity index (χ1v) is 29.5. The molecular weight excluding hydrogens is 1420 g/mol. The van der Waals surface area contributed by atoms with Crippen LogP contribution in [-0.2, 0) is 99.5 Å². The molecule has 0 amide bonds. The van der Waals surface area contributed by atoms with E-state index in [1.54, 1.807) is 0 Å². The predicted molar refractivity (Wildman–Crippen MR) is 316 cm³/mol. The molecule has 0 aliphatic heterocycles. The summed E-state index contributed by atoms with van der Waals surface area (Å²) in [5.41, 5.74) is 0. The zero-order valence-electron chi connectivity index (χ0n) is 40.0. The van der Waals surface area contributed by atoms with Crippen LogP contribution in [0.2, 0.25) is 0 Å². The van der Waals surface area contributed by atoms with Crippen LogP contribution in [0.1, 0.15) is 0 Å². The van der Waals surface area contributed by atoms with Gasteiger partial charge in [-0.3, -0.25) is 0 Å². The Morgan fingerprint density at radius 1 is 0.145 bits per heavy atom. The van der Waals surface area contributed by atoms with E-state index < -0.39 is 0 Å². The van der Waals surface area contributed by atoms with E-state index in [1.807, 2.05) is 273 Å². The molecule has 9 aromatic rings. The Morgan fingerprint density at radius 2 is 0.211 bits per heavy atom. The summed E-state index contributed by atoms with van der Waals surface area (Å²) in [4.78, 5) is 0. The minimum atomic E-state index is -0.320. The quantitative estimate of drug-likeness (QED) is 0.102. The molecule has 0 spiro atoms. The van der Waals surface area contributed by atoms with Crippen LogP contribution in [0.3, 0.4) is 0 Å². The van der Waals surface area contributed by atoms with Gasteiger partial charge in [0.15, 0.2) is 47.7 Å². The summed E-state index contributed by atoms with van der Waals surface area (Å²) in [6.07, 6.45) is 0. The molecule has 0 aliphatic rings. The smallest absolute Gasteiger partial charge is 0.363 e. The Morgan fingerprint density at radius 3 is 0.250 bits per heavy atom. The van der Waals surface area contributed by atoms with Gasteiger partial charge >= 0.3 is 76.1 Å². The van der Waals surface area contributed by atoms with Gasteiger partial charge in [-0.2, -0.15) is 0 Å². The van der Waals surface area contributed by atoms with Gasteiger partial charge in [0.25, 0.3) is 0 Å². The number of hydrogen-bond acceptors (Lipinski definition) is 9. The number of hydrogen-bond donors (Lipinski definition) is 0. The van der Waals surface area contributed by atoms with Crippen molar-refractivity contribution in [2.24, 2.45) is 0 Å². The third-order valence-electron chi connectivity index (χ3n) is 8.02. The molecule has 0 heterocycles. The zero-order valence-corrected chi connectivity index (χ0v) is 54.7. The van der Waals surface area contributed by atoms with E-state index >= 15 is 0 Å². The molecule has 0 N–H and O–H groups in total.